The quantitative estimate of drug-likeness (QED) is 0.852. The number of carbonyl (C=O) groups is 2. The molecule has 4 heteroatoms. The average molecular weight is 322 g/mol. The minimum Gasteiger partial charge on any atom is -0.325 e. The van der Waals surface area contributed by atoms with Gasteiger partial charge in [-0.1, -0.05) is 35.9 Å². The standard InChI is InChI=1S/C20H22N2O2/c1-14-7-6-9-17(13-14)20(24)21-11-12-22(19(23)16(21)3)18-10-5-4-8-15(18)2/h4-10,13,16H,11-12H2,1-3H3/t16-/m0/s1. The zero-order valence-corrected chi connectivity index (χ0v) is 14.3. The van der Waals surface area contributed by atoms with E-state index in [2.05, 4.69) is 0 Å². The maximum atomic E-state index is 12.8. The van der Waals surface area contributed by atoms with Crippen LogP contribution in [0.3, 0.4) is 0 Å². The highest BCUT2D eigenvalue weighted by atomic mass is 16.2. The van der Waals surface area contributed by atoms with Gasteiger partial charge in [0.2, 0.25) is 5.91 Å². The van der Waals surface area contributed by atoms with Crippen molar-refractivity contribution in [3.8, 4) is 0 Å². The van der Waals surface area contributed by atoms with Crippen molar-refractivity contribution < 1.29 is 9.59 Å². The lowest BCUT2D eigenvalue weighted by atomic mass is 10.1. The molecule has 0 bridgehead atoms. The topological polar surface area (TPSA) is 40.6 Å². The van der Waals surface area contributed by atoms with Crippen molar-refractivity contribution >= 4 is 17.5 Å². The van der Waals surface area contributed by atoms with Gasteiger partial charge in [-0.2, -0.15) is 0 Å². The molecule has 0 N–H and O–H groups in total. The number of nitrogens with zero attached hydrogens (tertiary/aromatic N) is 2. The first-order chi connectivity index (χ1) is 11.5. The number of amides is 2. The van der Waals surface area contributed by atoms with E-state index < -0.39 is 6.04 Å². The number of hydrogen-bond donors (Lipinski definition) is 0. The van der Waals surface area contributed by atoms with Crippen LogP contribution in [0.25, 0.3) is 0 Å². The monoisotopic (exact) mass is 322 g/mol. The molecule has 0 aromatic heterocycles. The second-order valence-corrected chi connectivity index (χ2v) is 6.32. The first-order valence-corrected chi connectivity index (χ1v) is 8.23. The number of anilines is 1. The summed E-state index contributed by atoms with van der Waals surface area (Å²) in [5.41, 5.74) is 3.67. The smallest absolute Gasteiger partial charge is 0.254 e. The van der Waals surface area contributed by atoms with Crippen molar-refractivity contribution in [2.45, 2.75) is 26.8 Å². The summed E-state index contributed by atoms with van der Waals surface area (Å²) in [6.07, 6.45) is 0. The van der Waals surface area contributed by atoms with Crippen LogP contribution in [-0.2, 0) is 4.79 Å². The SMILES string of the molecule is Cc1cccc(C(=O)N2CCN(c3ccccc3C)C(=O)[C@@H]2C)c1. The molecule has 24 heavy (non-hydrogen) atoms. The number of hydrogen-bond acceptors (Lipinski definition) is 2. The van der Waals surface area contributed by atoms with Crippen LogP contribution in [0.1, 0.15) is 28.4 Å². The summed E-state index contributed by atoms with van der Waals surface area (Å²) in [5, 5.41) is 0. The predicted octanol–water partition coefficient (Wildman–Crippen LogP) is 3.18. The average Bonchev–Trinajstić information content (AvgIpc) is 2.57. The summed E-state index contributed by atoms with van der Waals surface area (Å²) in [4.78, 5) is 29.1. The Bertz CT molecular complexity index is 785. The van der Waals surface area contributed by atoms with Crippen LogP contribution < -0.4 is 4.90 Å². The van der Waals surface area contributed by atoms with Crippen LogP contribution in [0, 0.1) is 13.8 Å². The minimum absolute atomic E-state index is 0.0310. The molecule has 1 aliphatic rings. The summed E-state index contributed by atoms with van der Waals surface area (Å²) in [7, 11) is 0. The van der Waals surface area contributed by atoms with Crippen molar-refractivity contribution in [2.24, 2.45) is 0 Å². The first-order valence-electron chi connectivity index (χ1n) is 8.23. The van der Waals surface area contributed by atoms with E-state index >= 15 is 0 Å². The molecule has 2 amide bonds. The first kappa shape index (κ1) is 16.2. The van der Waals surface area contributed by atoms with E-state index in [1.807, 2.05) is 56.3 Å². The Morgan fingerprint density at radius 3 is 2.50 bits per heavy atom. The number of rotatable bonds is 2. The maximum Gasteiger partial charge on any atom is 0.254 e. The molecule has 0 unspecified atom stereocenters. The molecule has 0 saturated carbocycles. The van der Waals surface area contributed by atoms with Gasteiger partial charge in [-0.15, -0.1) is 0 Å². The highest BCUT2D eigenvalue weighted by molar-refractivity contribution is 6.03. The lowest BCUT2D eigenvalue weighted by Gasteiger charge is -2.39. The molecule has 1 heterocycles. The highest BCUT2D eigenvalue weighted by Crippen LogP contribution is 2.24. The van der Waals surface area contributed by atoms with Gasteiger partial charge in [0, 0.05) is 24.3 Å². The van der Waals surface area contributed by atoms with Crippen LogP contribution >= 0.6 is 0 Å². The van der Waals surface area contributed by atoms with Crippen LogP contribution in [0.15, 0.2) is 48.5 Å². The lowest BCUT2D eigenvalue weighted by Crippen LogP contribution is -2.57. The Morgan fingerprint density at radius 2 is 1.79 bits per heavy atom. The van der Waals surface area contributed by atoms with Crippen molar-refractivity contribution in [2.75, 3.05) is 18.0 Å². The number of piperazine rings is 1. The van der Waals surface area contributed by atoms with Gasteiger partial charge in [0.05, 0.1) is 0 Å². The van der Waals surface area contributed by atoms with E-state index in [4.69, 9.17) is 0 Å². The molecule has 1 fully saturated rings. The Kier molecular flexibility index (Phi) is 4.38. The van der Waals surface area contributed by atoms with Gasteiger partial charge >= 0.3 is 0 Å². The second-order valence-electron chi connectivity index (χ2n) is 6.32. The van der Waals surface area contributed by atoms with Crippen LogP contribution in [-0.4, -0.2) is 35.8 Å². The molecule has 1 atom stereocenters. The zero-order valence-electron chi connectivity index (χ0n) is 14.3. The van der Waals surface area contributed by atoms with Gasteiger partial charge < -0.3 is 9.80 Å². The van der Waals surface area contributed by atoms with Gasteiger partial charge in [0.25, 0.3) is 5.91 Å². The summed E-state index contributed by atoms with van der Waals surface area (Å²) in [6, 6.07) is 14.9. The van der Waals surface area contributed by atoms with Crippen molar-refractivity contribution in [3.05, 3.63) is 65.2 Å². The van der Waals surface area contributed by atoms with Crippen molar-refractivity contribution in [3.63, 3.8) is 0 Å². The largest absolute Gasteiger partial charge is 0.325 e. The normalized spacial score (nSPS) is 18.0. The van der Waals surface area contributed by atoms with Gasteiger partial charge in [0.1, 0.15) is 6.04 Å². The minimum atomic E-state index is -0.466. The molecule has 2 aromatic carbocycles. The molecule has 4 nitrogen and oxygen atoms in total. The van der Waals surface area contributed by atoms with Gasteiger partial charge in [-0.25, -0.2) is 0 Å². The van der Waals surface area contributed by atoms with Gasteiger partial charge in [-0.05, 0) is 44.5 Å². The third-order valence-corrected chi connectivity index (χ3v) is 4.59. The summed E-state index contributed by atoms with van der Waals surface area (Å²) in [5.74, 6) is -0.111. The van der Waals surface area contributed by atoms with E-state index in [1.54, 1.807) is 22.8 Å². The fourth-order valence-electron chi connectivity index (χ4n) is 3.20. The molecule has 2 aromatic rings. The van der Waals surface area contributed by atoms with Crippen molar-refractivity contribution in [1.82, 2.24) is 4.90 Å². The van der Waals surface area contributed by atoms with Crippen molar-refractivity contribution in [1.29, 1.82) is 0 Å². The summed E-state index contributed by atoms with van der Waals surface area (Å²) >= 11 is 0. The molecule has 1 aliphatic heterocycles. The van der Waals surface area contributed by atoms with E-state index in [0.29, 0.717) is 18.7 Å². The van der Waals surface area contributed by atoms with Crippen LogP contribution in [0.4, 0.5) is 5.69 Å². The molecule has 1 saturated heterocycles. The molecule has 124 valence electrons. The van der Waals surface area contributed by atoms with E-state index in [1.165, 1.54) is 0 Å². The predicted molar refractivity (Wildman–Crippen MR) is 95.2 cm³/mol. The molecule has 0 aliphatic carbocycles. The Balaban J connectivity index is 1.83. The molecule has 3 rings (SSSR count). The number of carbonyl (C=O) groups excluding carboxylic acids is 2. The molecule has 0 radical (unpaired) electrons. The van der Waals surface area contributed by atoms with E-state index in [9.17, 15) is 9.59 Å². The Labute approximate surface area is 142 Å². The maximum absolute atomic E-state index is 12.8. The third kappa shape index (κ3) is 2.92. The fraction of sp³-hybridized carbons (Fsp3) is 0.300. The van der Waals surface area contributed by atoms with E-state index in [0.717, 1.165) is 16.8 Å². The lowest BCUT2D eigenvalue weighted by molar-refractivity contribution is -0.124. The number of para-hydroxylation sites is 1. The van der Waals surface area contributed by atoms with Crippen LogP contribution in [0.2, 0.25) is 0 Å². The highest BCUT2D eigenvalue weighted by Gasteiger charge is 2.35. The molecular weight excluding hydrogens is 300 g/mol. The molecule has 0 spiro atoms. The zero-order chi connectivity index (χ0) is 17.3. The van der Waals surface area contributed by atoms with Gasteiger partial charge in [0.15, 0.2) is 0 Å². The van der Waals surface area contributed by atoms with Gasteiger partial charge in [-0.3, -0.25) is 9.59 Å². The Hall–Kier alpha value is -2.62. The number of aryl methyl sites for hydroxylation is 2. The summed E-state index contributed by atoms with van der Waals surface area (Å²) in [6.45, 7) is 6.82. The Morgan fingerprint density at radius 1 is 1.04 bits per heavy atom. The summed E-state index contributed by atoms with van der Waals surface area (Å²) < 4.78 is 0. The van der Waals surface area contributed by atoms with E-state index in [-0.39, 0.29) is 11.8 Å². The fourth-order valence-corrected chi connectivity index (χ4v) is 3.20. The number of benzene rings is 2. The third-order valence-electron chi connectivity index (χ3n) is 4.59. The second kappa shape index (κ2) is 6.48. The van der Waals surface area contributed by atoms with Crippen LogP contribution in [0.5, 0.6) is 0 Å². The molecular formula is C20H22N2O2.